The normalized spacial score (nSPS) is 30.0. The van der Waals surface area contributed by atoms with Crippen LogP contribution in [0.1, 0.15) is 97.1 Å². The van der Waals surface area contributed by atoms with Crippen LogP contribution in [-0.4, -0.2) is 120 Å². The molecule has 20 nitrogen and oxygen atoms in total. The second-order valence-electron chi connectivity index (χ2n) is 20.7. The first-order valence-electron chi connectivity index (χ1n) is 23.7. The van der Waals surface area contributed by atoms with Gasteiger partial charge in [-0.2, -0.15) is 0 Å². The quantitative estimate of drug-likeness (QED) is 0.0432. The zero-order valence-corrected chi connectivity index (χ0v) is 42.6. The van der Waals surface area contributed by atoms with Gasteiger partial charge in [-0.25, -0.2) is 19.2 Å². The third kappa shape index (κ3) is 9.34. The molecule has 11 atom stereocenters. The summed E-state index contributed by atoms with van der Waals surface area (Å²) in [6, 6.07) is 18.8. The Morgan fingerprint density at radius 3 is 2.04 bits per heavy atom. The molecule has 1 saturated heterocycles. The molecular formula is C53H62N2O18. The van der Waals surface area contributed by atoms with Crippen LogP contribution in [0.5, 0.6) is 5.75 Å². The van der Waals surface area contributed by atoms with Crippen LogP contribution >= 0.6 is 0 Å². The molecule has 2 saturated carbocycles. The van der Waals surface area contributed by atoms with Crippen LogP contribution in [0.25, 0.3) is 0 Å². The molecule has 20 heteroatoms. The standard InChI is InChI=1S/C53H62N2O18/c1-29-35(69-44(59)41(70-47(61)68-34-24-22-33(23-25-34)55(63)64)39(31-18-14-12-15-19-31)54-46(60)73-48(3,4)5)27-52(62)45(71-43(58)32-20-16-13-17-21-32)51(9)50(8,42(57)40(66-11)38(29)49(52,6)7)36(65-10)26-37-53(51,28-67-37)72-30(2)56/h12-25,35-37,39-41,45,62H,26-28H2,1-11H3,(H,54,60)/t35-,36-,37+,39-,40+,41+,45-,50-,51-,52+,53-/m0/s1. The highest BCUT2D eigenvalue weighted by Gasteiger charge is 2.84. The maximum Gasteiger partial charge on any atom is 0.514 e. The van der Waals surface area contributed by atoms with E-state index in [0.717, 1.165) is 24.3 Å². The minimum Gasteiger partial charge on any atom is -0.455 e. The van der Waals surface area contributed by atoms with Crippen molar-refractivity contribution in [2.75, 3.05) is 20.8 Å². The molecule has 73 heavy (non-hydrogen) atoms. The molecule has 3 aromatic rings. The van der Waals surface area contributed by atoms with Crippen LogP contribution in [0.3, 0.4) is 0 Å². The number of benzene rings is 3. The second-order valence-corrected chi connectivity index (χ2v) is 20.7. The lowest BCUT2D eigenvalue weighted by Crippen LogP contribution is -2.86. The lowest BCUT2D eigenvalue weighted by molar-refractivity contribution is -0.384. The van der Waals surface area contributed by atoms with Crippen molar-refractivity contribution >= 4 is 41.6 Å². The number of rotatable bonds is 13. The Hall–Kier alpha value is -6.74. The van der Waals surface area contributed by atoms with E-state index in [2.05, 4.69) is 5.32 Å². The molecule has 1 amide bonds. The van der Waals surface area contributed by atoms with Gasteiger partial charge in [0.2, 0.25) is 6.10 Å². The van der Waals surface area contributed by atoms with E-state index in [1.54, 1.807) is 91.8 Å². The van der Waals surface area contributed by atoms with Crippen LogP contribution in [0.2, 0.25) is 0 Å². The van der Waals surface area contributed by atoms with Gasteiger partial charge in [-0.1, -0.05) is 69.3 Å². The molecule has 2 N–H and O–H groups in total. The minimum absolute atomic E-state index is 0.0470. The summed E-state index contributed by atoms with van der Waals surface area (Å²) < 4.78 is 54.5. The summed E-state index contributed by atoms with van der Waals surface area (Å²) >= 11 is 0. The summed E-state index contributed by atoms with van der Waals surface area (Å²) in [6.07, 6.45) is -12.0. The molecule has 0 unspecified atom stereocenters. The molecule has 2 bridgehead atoms. The number of esters is 3. The Labute approximate surface area is 422 Å². The molecule has 3 aliphatic carbocycles. The van der Waals surface area contributed by atoms with Crippen LogP contribution in [0.4, 0.5) is 15.3 Å². The molecule has 0 aromatic heterocycles. The topological polar surface area (TPSA) is 261 Å². The number of ketones is 1. The number of fused-ring (bicyclic) bond motifs is 5. The number of nitrogens with one attached hydrogen (secondary N) is 1. The summed E-state index contributed by atoms with van der Waals surface area (Å²) in [4.78, 5) is 97.3. The third-order valence-electron chi connectivity index (χ3n) is 15.4. The number of amides is 1. The maximum absolute atomic E-state index is 16.0. The predicted octanol–water partition coefficient (Wildman–Crippen LogP) is 7.09. The highest BCUT2D eigenvalue weighted by atomic mass is 16.7. The van der Waals surface area contributed by atoms with Gasteiger partial charge in [0, 0.05) is 51.5 Å². The largest absolute Gasteiger partial charge is 0.514 e. The number of nitro benzene ring substituents is 1. The average molecular weight is 1020 g/mol. The molecule has 4 aliphatic rings. The van der Waals surface area contributed by atoms with Crippen molar-refractivity contribution in [3.05, 3.63) is 117 Å². The van der Waals surface area contributed by atoms with Gasteiger partial charge < -0.3 is 53.1 Å². The Bertz CT molecular complexity index is 2670. The van der Waals surface area contributed by atoms with Crippen molar-refractivity contribution in [1.82, 2.24) is 5.32 Å². The van der Waals surface area contributed by atoms with Crippen LogP contribution in [0.15, 0.2) is 96.1 Å². The number of hydrogen-bond donors (Lipinski definition) is 2. The fraction of sp³-hybridized carbons (Fsp3) is 0.509. The first kappa shape index (κ1) is 54.0. The van der Waals surface area contributed by atoms with Crippen LogP contribution in [-0.2, 0) is 52.3 Å². The Kier molecular flexibility index (Phi) is 14.8. The Morgan fingerprint density at radius 2 is 1.51 bits per heavy atom. The number of carbonyl (C=O) groups is 6. The second kappa shape index (κ2) is 19.9. The fourth-order valence-electron chi connectivity index (χ4n) is 11.5. The number of nitrogens with zero attached hydrogens (tertiary/aromatic N) is 1. The summed E-state index contributed by atoms with van der Waals surface area (Å²) in [5.41, 5.74) is -10.2. The number of nitro groups is 1. The maximum atomic E-state index is 16.0. The molecule has 392 valence electrons. The smallest absolute Gasteiger partial charge is 0.455 e. The van der Waals surface area contributed by atoms with E-state index in [-0.39, 0.29) is 46.7 Å². The van der Waals surface area contributed by atoms with E-state index in [9.17, 15) is 34.4 Å². The van der Waals surface area contributed by atoms with Crippen LogP contribution in [0, 0.1) is 26.4 Å². The van der Waals surface area contributed by atoms with Crippen molar-refractivity contribution in [1.29, 1.82) is 0 Å². The molecule has 1 heterocycles. The number of hydrogen-bond acceptors (Lipinski definition) is 18. The van der Waals surface area contributed by atoms with Crippen molar-refractivity contribution in [3.63, 3.8) is 0 Å². The van der Waals surface area contributed by atoms with Crippen molar-refractivity contribution in [2.45, 2.75) is 135 Å². The van der Waals surface area contributed by atoms with E-state index >= 15 is 9.59 Å². The van der Waals surface area contributed by atoms with Crippen molar-refractivity contribution in [3.8, 4) is 5.75 Å². The lowest BCUT2D eigenvalue weighted by Gasteiger charge is -2.72. The summed E-state index contributed by atoms with van der Waals surface area (Å²) in [6.45, 7) is 13.8. The molecule has 3 aromatic carbocycles. The molecule has 0 radical (unpaired) electrons. The van der Waals surface area contributed by atoms with Crippen molar-refractivity contribution in [2.24, 2.45) is 16.2 Å². The molecule has 7 rings (SSSR count). The Balaban J connectivity index is 1.41. The van der Waals surface area contributed by atoms with Crippen LogP contribution < -0.4 is 10.1 Å². The first-order valence-corrected chi connectivity index (χ1v) is 23.7. The lowest BCUT2D eigenvalue weighted by atomic mass is 9.38. The van der Waals surface area contributed by atoms with E-state index in [1.807, 2.05) is 0 Å². The minimum atomic E-state index is -2.40. The number of carbonyl (C=O) groups excluding carboxylic acids is 6. The van der Waals surface area contributed by atoms with Gasteiger partial charge in [0.25, 0.3) is 5.69 Å². The monoisotopic (exact) mass is 1010 g/mol. The highest BCUT2D eigenvalue weighted by Crippen LogP contribution is 2.70. The molecular weight excluding hydrogens is 953 g/mol. The number of Topliss-reactive ketones (excluding diaryl/α,β-unsaturated/α-hetero) is 1. The van der Waals surface area contributed by atoms with Gasteiger partial charge in [0.15, 0.2) is 11.4 Å². The van der Waals surface area contributed by atoms with E-state index < -0.39 is 123 Å². The van der Waals surface area contributed by atoms with E-state index in [4.69, 9.17) is 42.6 Å². The summed E-state index contributed by atoms with van der Waals surface area (Å²) in [5, 5.41) is 28.1. The number of methoxy groups -OCH3 is 2. The molecule has 0 spiro atoms. The number of ether oxygens (including phenoxy) is 9. The number of non-ortho nitro benzene ring substituents is 1. The van der Waals surface area contributed by atoms with E-state index in [1.165, 1.54) is 45.4 Å². The summed E-state index contributed by atoms with van der Waals surface area (Å²) in [5.74, 6) is -3.76. The van der Waals surface area contributed by atoms with Crippen molar-refractivity contribution < 1.29 is 81.4 Å². The zero-order chi connectivity index (χ0) is 53.6. The van der Waals surface area contributed by atoms with Gasteiger partial charge in [-0.15, -0.1) is 0 Å². The summed E-state index contributed by atoms with van der Waals surface area (Å²) in [7, 11) is 2.71. The Morgan fingerprint density at radius 1 is 0.890 bits per heavy atom. The zero-order valence-electron chi connectivity index (χ0n) is 42.6. The first-order chi connectivity index (χ1) is 34.2. The number of alkyl carbamates (subject to hydrolysis) is 1. The molecule has 1 aliphatic heterocycles. The SMILES string of the molecule is CO[C@H]1C(=O)[C@]2(C)[C@@H](OC)C[C@H]3OC[C@@]3(OC(C)=O)[C@@]2(C)[C@H](OC(=O)c2ccccc2)[C@]2(O)C[C@H](OC(=O)[C@H](OC(=O)Oc3ccc([N+](=O)[O-])cc3)[C@@H](NC(=O)OC(C)(C)C)c3ccccc3)C(C)=C1C2(C)C. The van der Waals surface area contributed by atoms with Gasteiger partial charge in [-0.3, -0.25) is 19.7 Å². The molecule has 3 fully saturated rings. The van der Waals surface area contributed by atoms with Gasteiger partial charge in [0.1, 0.15) is 47.4 Å². The van der Waals surface area contributed by atoms with E-state index in [0.29, 0.717) is 0 Å². The third-order valence-corrected chi connectivity index (χ3v) is 15.4. The predicted molar refractivity (Wildman–Crippen MR) is 256 cm³/mol. The van der Waals surface area contributed by atoms with Gasteiger partial charge in [-0.05, 0) is 75.6 Å². The number of aliphatic hydroxyl groups is 1. The fourth-order valence-corrected chi connectivity index (χ4v) is 11.5. The highest BCUT2D eigenvalue weighted by molar-refractivity contribution is 5.95. The average Bonchev–Trinajstić information content (AvgIpc) is 3.32. The van der Waals surface area contributed by atoms with Gasteiger partial charge >= 0.3 is 30.2 Å². The van der Waals surface area contributed by atoms with Gasteiger partial charge in [0.05, 0.1) is 34.0 Å².